The van der Waals surface area contributed by atoms with E-state index in [0.29, 0.717) is 12.0 Å². The smallest absolute Gasteiger partial charge is 0.191 e. The third kappa shape index (κ3) is 6.63. The van der Waals surface area contributed by atoms with E-state index in [1.165, 1.54) is 32.1 Å². The minimum absolute atomic E-state index is 0. The maximum absolute atomic E-state index is 5.45. The van der Waals surface area contributed by atoms with Crippen molar-refractivity contribution in [3.8, 4) is 0 Å². The van der Waals surface area contributed by atoms with E-state index >= 15 is 0 Å². The van der Waals surface area contributed by atoms with Crippen molar-refractivity contribution in [2.75, 3.05) is 26.3 Å². The van der Waals surface area contributed by atoms with Crippen LogP contribution in [0, 0.1) is 5.92 Å². The zero-order chi connectivity index (χ0) is 15.7. The summed E-state index contributed by atoms with van der Waals surface area (Å²) >= 11 is 0. The molecule has 0 radical (unpaired) electrons. The van der Waals surface area contributed by atoms with Gasteiger partial charge in [0, 0.05) is 38.1 Å². The predicted octanol–water partition coefficient (Wildman–Crippen LogP) is 3.34. The van der Waals surface area contributed by atoms with E-state index < -0.39 is 0 Å². The second kappa shape index (κ2) is 11.0. The van der Waals surface area contributed by atoms with Crippen LogP contribution < -0.4 is 10.6 Å². The SMILES string of the molecule is I.c1coc(CCNC(=NCC2CCOC2)NC2CCCCC2)c1. The number of hydrogen-bond acceptors (Lipinski definition) is 3. The topological polar surface area (TPSA) is 58.8 Å². The lowest BCUT2D eigenvalue weighted by Crippen LogP contribution is -2.45. The molecule has 0 amide bonds. The first-order chi connectivity index (χ1) is 11.4. The number of hydrogen-bond donors (Lipinski definition) is 2. The van der Waals surface area contributed by atoms with Crippen LogP contribution in [0.25, 0.3) is 0 Å². The van der Waals surface area contributed by atoms with Gasteiger partial charge in [0.1, 0.15) is 5.76 Å². The van der Waals surface area contributed by atoms with Gasteiger partial charge < -0.3 is 19.8 Å². The van der Waals surface area contributed by atoms with Crippen molar-refractivity contribution in [3.05, 3.63) is 24.2 Å². The predicted molar refractivity (Wildman–Crippen MR) is 107 cm³/mol. The molecule has 2 N–H and O–H groups in total. The van der Waals surface area contributed by atoms with Crippen LogP contribution in [-0.2, 0) is 11.2 Å². The third-order valence-electron chi connectivity index (χ3n) is 4.72. The normalized spacial score (nSPS) is 22.2. The molecule has 2 aliphatic rings. The van der Waals surface area contributed by atoms with Crippen LogP contribution in [0.5, 0.6) is 0 Å². The second-order valence-corrected chi connectivity index (χ2v) is 6.65. The number of ether oxygens (including phenoxy) is 1. The van der Waals surface area contributed by atoms with Crippen LogP contribution in [0.4, 0.5) is 0 Å². The number of rotatable bonds is 6. The van der Waals surface area contributed by atoms with Crippen molar-refractivity contribution in [3.63, 3.8) is 0 Å². The van der Waals surface area contributed by atoms with Crippen molar-refractivity contribution in [1.29, 1.82) is 0 Å². The highest BCUT2D eigenvalue weighted by Crippen LogP contribution is 2.17. The number of nitrogens with zero attached hydrogens (tertiary/aromatic N) is 1. The Kier molecular flexibility index (Phi) is 8.94. The summed E-state index contributed by atoms with van der Waals surface area (Å²) in [7, 11) is 0. The highest BCUT2D eigenvalue weighted by Gasteiger charge is 2.17. The van der Waals surface area contributed by atoms with Crippen molar-refractivity contribution < 1.29 is 9.15 Å². The van der Waals surface area contributed by atoms with Crippen LogP contribution in [0.3, 0.4) is 0 Å². The Hall–Kier alpha value is -0.760. The lowest BCUT2D eigenvalue weighted by atomic mass is 9.96. The number of halogens is 1. The van der Waals surface area contributed by atoms with Gasteiger partial charge >= 0.3 is 0 Å². The van der Waals surface area contributed by atoms with Crippen LogP contribution in [0.1, 0.15) is 44.3 Å². The maximum Gasteiger partial charge on any atom is 0.191 e. The molecule has 24 heavy (non-hydrogen) atoms. The van der Waals surface area contributed by atoms with Crippen molar-refractivity contribution in [1.82, 2.24) is 10.6 Å². The molecule has 0 bridgehead atoms. The Balaban J connectivity index is 0.00000208. The highest BCUT2D eigenvalue weighted by atomic mass is 127. The fourth-order valence-corrected chi connectivity index (χ4v) is 3.30. The molecule has 1 saturated carbocycles. The van der Waals surface area contributed by atoms with Crippen LogP contribution in [-0.4, -0.2) is 38.3 Å². The zero-order valence-electron chi connectivity index (χ0n) is 14.3. The van der Waals surface area contributed by atoms with Gasteiger partial charge in [-0.1, -0.05) is 19.3 Å². The molecule has 1 aromatic heterocycles. The molecule has 1 aliphatic heterocycles. The molecule has 0 aromatic carbocycles. The molecule has 1 saturated heterocycles. The summed E-state index contributed by atoms with van der Waals surface area (Å²) in [5.41, 5.74) is 0. The van der Waals surface area contributed by atoms with Crippen molar-refractivity contribution in [2.24, 2.45) is 10.9 Å². The average Bonchev–Trinajstić information content (AvgIpc) is 3.27. The van der Waals surface area contributed by atoms with Gasteiger partial charge in [0.15, 0.2) is 5.96 Å². The van der Waals surface area contributed by atoms with Crippen LogP contribution >= 0.6 is 24.0 Å². The summed E-state index contributed by atoms with van der Waals surface area (Å²) in [5.74, 6) is 2.54. The average molecular weight is 447 g/mol. The molecule has 1 aromatic rings. The summed E-state index contributed by atoms with van der Waals surface area (Å²) in [6.07, 6.45) is 10.3. The van der Waals surface area contributed by atoms with Crippen molar-refractivity contribution >= 4 is 29.9 Å². The second-order valence-electron chi connectivity index (χ2n) is 6.65. The number of guanidine groups is 1. The first-order valence-electron chi connectivity index (χ1n) is 9.05. The minimum Gasteiger partial charge on any atom is -0.469 e. The third-order valence-corrected chi connectivity index (χ3v) is 4.72. The van der Waals surface area contributed by atoms with E-state index in [9.17, 15) is 0 Å². The number of nitrogens with one attached hydrogen (secondary N) is 2. The summed E-state index contributed by atoms with van der Waals surface area (Å²) < 4.78 is 10.8. The van der Waals surface area contributed by atoms with E-state index in [1.807, 2.05) is 12.1 Å². The largest absolute Gasteiger partial charge is 0.469 e. The number of aliphatic imine (C=N–C) groups is 1. The quantitative estimate of drug-likeness (QED) is 0.399. The van der Waals surface area contributed by atoms with Gasteiger partial charge in [-0.05, 0) is 31.4 Å². The molecule has 2 fully saturated rings. The minimum atomic E-state index is 0. The Morgan fingerprint density at radius 2 is 2.08 bits per heavy atom. The van der Waals surface area contributed by atoms with E-state index in [0.717, 1.165) is 50.9 Å². The standard InChI is InChI=1S/C18H29N3O2.HI/c1-2-5-16(6-3-1)21-18(20-13-15-9-12-22-14-15)19-10-8-17-7-4-11-23-17;/h4,7,11,15-16H,1-3,5-6,8-10,12-14H2,(H2,19,20,21);1H. The molecular formula is C18H30IN3O2. The van der Waals surface area contributed by atoms with E-state index in [2.05, 4.69) is 10.6 Å². The first kappa shape index (κ1) is 19.6. The molecule has 0 spiro atoms. The summed E-state index contributed by atoms with van der Waals surface area (Å²) in [6.45, 7) is 3.43. The van der Waals surface area contributed by atoms with Gasteiger partial charge in [-0.25, -0.2) is 0 Å². The van der Waals surface area contributed by atoms with Gasteiger partial charge in [0.05, 0.1) is 12.9 Å². The van der Waals surface area contributed by atoms with Gasteiger partial charge in [0.2, 0.25) is 0 Å². The Morgan fingerprint density at radius 3 is 2.79 bits per heavy atom. The van der Waals surface area contributed by atoms with Crippen LogP contribution in [0.15, 0.2) is 27.8 Å². The molecule has 1 aliphatic carbocycles. The fraction of sp³-hybridized carbons (Fsp3) is 0.722. The van der Waals surface area contributed by atoms with Crippen molar-refractivity contribution in [2.45, 2.75) is 51.0 Å². The monoisotopic (exact) mass is 447 g/mol. The molecule has 2 heterocycles. The van der Waals surface area contributed by atoms with E-state index in [1.54, 1.807) is 6.26 Å². The first-order valence-corrected chi connectivity index (χ1v) is 9.05. The van der Waals surface area contributed by atoms with Gasteiger partial charge in [-0.2, -0.15) is 0 Å². The van der Waals surface area contributed by atoms with Crippen LogP contribution in [0.2, 0.25) is 0 Å². The Bertz CT molecular complexity index is 467. The molecule has 6 heteroatoms. The van der Waals surface area contributed by atoms with E-state index in [4.69, 9.17) is 14.1 Å². The van der Waals surface area contributed by atoms with Gasteiger partial charge in [0.25, 0.3) is 0 Å². The molecule has 3 rings (SSSR count). The maximum atomic E-state index is 5.45. The zero-order valence-corrected chi connectivity index (χ0v) is 16.7. The molecule has 5 nitrogen and oxygen atoms in total. The van der Waals surface area contributed by atoms with E-state index in [-0.39, 0.29) is 24.0 Å². The lowest BCUT2D eigenvalue weighted by molar-refractivity contribution is 0.187. The molecule has 136 valence electrons. The molecule has 1 unspecified atom stereocenters. The summed E-state index contributed by atoms with van der Waals surface area (Å²) in [5, 5.41) is 7.09. The lowest BCUT2D eigenvalue weighted by Gasteiger charge is -2.25. The van der Waals surface area contributed by atoms with Gasteiger partial charge in [-0.15, -0.1) is 24.0 Å². The number of furan rings is 1. The molecular weight excluding hydrogens is 417 g/mol. The summed E-state index contributed by atoms with van der Waals surface area (Å²) in [4.78, 5) is 4.80. The fourth-order valence-electron chi connectivity index (χ4n) is 3.30. The Morgan fingerprint density at radius 1 is 1.21 bits per heavy atom. The highest BCUT2D eigenvalue weighted by molar-refractivity contribution is 14.0. The van der Waals surface area contributed by atoms with Gasteiger partial charge in [-0.3, -0.25) is 4.99 Å². The Labute approximate surface area is 162 Å². The molecule has 1 atom stereocenters. The summed E-state index contributed by atoms with van der Waals surface area (Å²) in [6, 6.07) is 4.52.